The van der Waals surface area contributed by atoms with Crippen LogP contribution in [0.5, 0.6) is 0 Å². The molecule has 1 aromatic heterocycles. The number of aromatic nitrogens is 2. The number of rotatable bonds is 2. The Morgan fingerprint density at radius 2 is 1.83 bits per heavy atom. The van der Waals surface area contributed by atoms with E-state index in [0.717, 1.165) is 56.2 Å². The number of carbonyl (C=O) groups excluding carboxylic acids is 1. The van der Waals surface area contributed by atoms with Gasteiger partial charge in [0.2, 0.25) is 5.91 Å². The summed E-state index contributed by atoms with van der Waals surface area (Å²) in [5, 5.41) is 0. The Balaban J connectivity index is 1.70. The standard InChI is InChI=1S/C18H28N4O/c1-13-4-6-14(7-5-13)18(23)22-10-8-15-16(9-11-22)19-12-20-17(15)21(2)3/h12-14H,4-11H2,1-3H3. The summed E-state index contributed by atoms with van der Waals surface area (Å²) < 4.78 is 0. The molecular formula is C18H28N4O. The Morgan fingerprint density at radius 1 is 1.13 bits per heavy atom. The van der Waals surface area contributed by atoms with Crippen molar-refractivity contribution in [3.05, 3.63) is 17.6 Å². The van der Waals surface area contributed by atoms with E-state index in [1.54, 1.807) is 6.33 Å². The Hall–Kier alpha value is -1.65. The van der Waals surface area contributed by atoms with Crippen molar-refractivity contribution in [3.8, 4) is 0 Å². The second-order valence-corrected chi connectivity index (χ2v) is 7.30. The summed E-state index contributed by atoms with van der Waals surface area (Å²) in [4.78, 5) is 25.9. The van der Waals surface area contributed by atoms with E-state index in [1.165, 1.54) is 18.4 Å². The molecule has 0 N–H and O–H groups in total. The molecule has 1 aliphatic carbocycles. The van der Waals surface area contributed by atoms with Crippen LogP contribution in [0.15, 0.2) is 6.33 Å². The number of hydrogen-bond donors (Lipinski definition) is 0. The van der Waals surface area contributed by atoms with Gasteiger partial charge in [0.15, 0.2) is 0 Å². The molecule has 0 unspecified atom stereocenters. The molecule has 5 nitrogen and oxygen atoms in total. The van der Waals surface area contributed by atoms with Crippen LogP contribution < -0.4 is 4.90 Å². The van der Waals surface area contributed by atoms with Crippen LogP contribution in [0.4, 0.5) is 5.82 Å². The largest absolute Gasteiger partial charge is 0.362 e. The number of anilines is 1. The first kappa shape index (κ1) is 16.2. The number of amides is 1. The van der Waals surface area contributed by atoms with Crippen LogP contribution >= 0.6 is 0 Å². The summed E-state index contributed by atoms with van der Waals surface area (Å²) in [6.07, 6.45) is 7.86. The molecular weight excluding hydrogens is 288 g/mol. The molecule has 1 saturated carbocycles. The molecule has 126 valence electrons. The van der Waals surface area contributed by atoms with Gasteiger partial charge in [-0.3, -0.25) is 4.79 Å². The number of fused-ring (bicyclic) bond motifs is 1. The number of carbonyl (C=O) groups is 1. The van der Waals surface area contributed by atoms with E-state index in [4.69, 9.17) is 0 Å². The van der Waals surface area contributed by atoms with Crippen molar-refractivity contribution in [1.29, 1.82) is 0 Å². The summed E-state index contributed by atoms with van der Waals surface area (Å²) in [5.74, 6) is 2.39. The van der Waals surface area contributed by atoms with Gasteiger partial charge in [0.25, 0.3) is 0 Å². The Labute approximate surface area is 139 Å². The number of hydrogen-bond acceptors (Lipinski definition) is 4. The van der Waals surface area contributed by atoms with E-state index in [2.05, 4.69) is 21.8 Å². The lowest BCUT2D eigenvalue weighted by molar-refractivity contribution is -0.136. The van der Waals surface area contributed by atoms with Crippen LogP contribution in [-0.4, -0.2) is 48.0 Å². The highest BCUT2D eigenvalue weighted by molar-refractivity contribution is 5.79. The van der Waals surface area contributed by atoms with E-state index >= 15 is 0 Å². The molecule has 2 aliphatic rings. The summed E-state index contributed by atoms with van der Waals surface area (Å²) in [6.45, 7) is 3.89. The minimum absolute atomic E-state index is 0.242. The topological polar surface area (TPSA) is 49.3 Å². The number of nitrogens with zero attached hydrogens (tertiary/aromatic N) is 4. The molecule has 0 spiro atoms. The molecule has 3 rings (SSSR count). The van der Waals surface area contributed by atoms with Crippen LogP contribution in [0, 0.1) is 11.8 Å². The SMILES string of the molecule is CC1CCC(C(=O)N2CCc3ncnc(N(C)C)c3CC2)CC1. The van der Waals surface area contributed by atoms with Crippen molar-refractivity contribution in [3.63, 3.8) is 0 Å². The lowest BCUT2D eigenvalue weighted by Crippen LogP contribution is -2.39. The second-order valence-electron chi connectivity index (χ2n) is 7.30. The zero-order chi connectivity index (χ0) is 16.4. The lowest BCUT2D eigenvalue weighted by atomic mass is 9.82. The third-order valence-corrected chi connectivity index (χ3v) is 5.36. The monoisotopic (exact) mass is 316 g/mol. The molecule has 1 aromatic rings. The fraction of sp³-hybridized carbons (Fsp3) is 0.722. The van der Waals surface area contributed by atoms with Crippen molar-refractivity contribution in [2.75, 3.05) is 32.1 Å². The first-order valence-corrected chi connectivity index (χ1v) is 8.85. The maximum Gasteiger partial charge on any atom is 0.225 e. The normalized spacial score (nSPS) is 24.7. The van der Waals surface area contributed by atoms with Crippen molar-refractivity contribution in [1.82, 2.24) is 14.9 Å². The van der Waals surface area contributed by atoms with Crippen LogP contribution in [0.2, 0.25) is 0 Å². The molecule has 2 heterocycles. The molecule has 0 radical (unpaired) electrons. The average molecular weight is 316 g/mol. The van der Waals surface area contributed by atoms with Gasteiger partial charge in [-0.1, -0.05) is 6.92 Å². The minimum Gasteiger partial charge on any atom is -0.362 e. The van der Waals surface area contributed by atoms with Gasteiger partial charge in [-0.15, -0.1) is 0 Å². The Morgan fingerprint density at radius 3 is 2.52 bits per heavy atom. The predicted molar refractivity (Wildman–Crippen MR) is 91.5 cm³/mol. The fourth-order valence-corrected chi connectivity index (χ4v) is 3.88. The molecule has 1 aliphatic heterocycles. The minimum atomic E-state index is 0.242. The van der Waals surface area contributed by atoms with Gasteiger partial charge in [-0.05, 0) is 38.0 Å². The molecule has 0 aromatic carbocycles. The predicted octanol–water partition coefficient (Wildman–Crippen LogP) is 2.30. The van der Waals surface area contributed by atoms with Gasteiger partial charge in [-0.25, -0.2) is 9.97 Å². The van der Waals surface area contributed by atoms with Gasteiger partial charge in [-0.2, -0.15) is 0 Å². The second kappa shape index (κ2) is 6.85. The van der Waals surface area contributed by atoms with Gasteiger partial charge in [0, 0.05) is 45.1 Å². The van der Waals surface area contributed by atoms with E-state index < -0.39 is 0 Å². The summed E-state index contributed by atoms with van der Waals surface area (Å²) in [6, 6.07) is 0. The molecule has 23 heavy (non-hydrogen) atoms. The molecule has 1 amide bonds. The van der Waals surface area contributed by atoms with Crippen molar-refractivity contribution in [2.24, 2.45) is 11.8 Å². The van der Waals surface area contributed by atoms with Gasteiger partial charge in [0.1, 0.15) is 12.1 Å². The summed E-state index contributed by atoms with van der Waals surface area (Å²) in [7, 11) is 4.03. The smallest absolute Gasteiger partial charge is 0.225 e. The van der Waals surface area contributed by atoms with Crippen LogP contribution in [0.25, 0.3) is 0 Å². The van der Waals surface area contributed by atoms with E-state index in [9.17, 15) is 4.79 Å². The molecule has 0 bridgehead atoms. The van der Waals surface area contributed by atoms with E-state index in [1.807, 2.05) is 19.0 Å². The average Bonchev–Trinajstić information content (AvgIpc) is 2.77. The molecule has 0 saturated heterocycles. The van der Waals surface area contributed by atoms with Gasteiger partial charge >= 0.3 is 0 Å². The summed E-state index contributed by atoms with van der Waals surface area (Å²) >= 11 is 0. The van der Waals surface area contributed by atoms with Crippen LogP contribution in [0.1, 0.15) is 43.9 Å². The molecule has 5 heteroatoms. The maximum absolute atomic E-state index is 12.9. The van der Waals surface area contributed by atoms with Crippen molar-refractivity contribution in [2.45, 2.75) is 45.4 Å². The van der Waals surface area contributed by atoms with Crippen molar-refractivity contribution >= 4 is 11.7 Å². The fourth-order valence-electron chi connectivity index (χ4n) is 3.88. The van der Waals surface area contributed by atoms with E-state index in [0.29, 0.717) is 5.91 Å². The highest BCUT2D eigenvalue weighted by atomic mass is 16.2. The van der Waals surface area contributed by atoms with Gasteiger partial charge in [0.05, 0.1) is 5.69 Å². The van der Waals surface area contributed by atoms with Gasteiger partial charge < -0.3 is 9.80 Å². The molecule has 0 atom stereocenters. The first-order valence-electron chi connectivity index (χ1n) is 8.85. The van der Waals surface area contributed by atoms with E-state index in [-0.39, 0.29) is 5.92 Å². The third kappa shape index (κ3) is 3.48. The quantitative estimate of drug-likeness (QED) is 0.840. The molecule has 1 fully saturated rings. The van der Waals surface area contributed by atoms with Crippen molar-refractivity contribution < 1.29 is 4.79 Å². The highest BCUT2D eigenvalue weighted by Gasteiger charge is 2.29. The zero-order valence-electron chi connectivity index (χ0n) is 14.6. The highest BCUT2D eigenvalue weighted by Crippen LogP contribution is 2.30. The zero-order valence-corrected chi connectivity index (χ0v) is 14.6. The van der Waals surface area contributed by atoms with Crippen LogP contribution in [0.3, 0.4) is 0 Å². The Kier molecular flexibility index (Phi) is 4.83. The Bertz CT molecular complexity index is 564. The maximum atomic E-state index is 12.9. The van der Waals surface area contributed by atoms with Crippen LogP contribution in [-0.2, 0) is 17.6 Å². The third-order valence-electron chi connectivity index (χ3n) is 5.36. The summed E-state index contributed by atoms with van der Waals surface area (Å²) in [5.41, 5.74) is 2.32. The lowest BCUT2D eigenvalue weighted by Gasteiger charge is -2.30. The first-order chi connectivity index (χ1) is 11.1.